The van der Waals surface area contributed by atoms with Crippen molar-refractivity contribution in [3.63, 3.8) is 0 Å². The van der Waals surface area contributed by atoms with Gasteiger partial charge in [0, 0.05) is 18.6 Å². The van der Waals surface area contributed by atoms with Crippen molar-refractivity contribution in [1.29, 1.82) is 0 Å². The Labute approximate surface area is 128 Å². The van der Waals surface area contributed by atoms with Crippen molar-refractivity contribution >= 4 is 5.97 Å². The predicted molar refractivity (Wildman–Crippen MR) is 82.5 cm³/mol. The van der Waals surface area contributed by atoms with Gasteiger partial charge in [-0.05, 0) is 52.5 Å². The lowest BCUT2D eigenvalue weighted by Gasteiger charge is -2.47. The van der Waals surface area contributed by atoms with Gasteiger partial charge in [0.05, 0.1) is 12.7 Å². The summed E-state index contributed by atoms with van der Waals surface area (Å²) in [5.74, 6) is -0.686. The number of carboxylic acid groups (broad SMARTS) is 1. The normalized spacial score (nSPS) is 38.3. The molecule has 0 bridgehead atoms. The Kier molecular flexibility index (Phi) is 5.63. The van der Waals surface area contributed by atoms with Gasteiger partial charge in [-0.25, -0.2) is 0 Å². The van der Waals surface area contributed by atoms with E-state index >= 15 is 0 Å². The van der Waals surface area contributed by atoms with Gasteiger partial charge in [0.15, 0.2) is 0 Å². The molecular weight excluding hydrogens is 268 g/mol. The van der Waals surface area contributed by atoms with E-state index in [0.717, 1.165) is 45.4 Å². The first-order valence-corrected chi connectivity index (χ1v) is 8.34. The van der Waals surface area contributed by atoms with Crippen LogP contribution < -0.4 is 5.32 Å². The number of carbonyl (C=O) groups is 1. The summed E-state index contributed by atoms with van der Waals surface area (Å²) >= 11 is 0. The van der Waals surface area contributed by atoms with Crippen LogP contribution in [0.4, 0.5) is 0 Å². The zero-order chi connectivity index (χ0) is 15.5. The molecule has 0 aromatic carbocycles. The molecule has 2 aliphatic rings. The van der Waals surface area contributed by atoms with Crippen LogP contribution in [-0.4, -0.2) is 59.4 Å². The van der Waals surface area contributed by atoms with Gasteiger partial charge in [-0.15, -0.1) is 0 Å². The fourth-order valence-corrected chi connectivity index (χ4v) is 3.76. The SMILES string of the molecule is CCCNC1(C(=O)O)CCCC(N2CC(C)OCC2C)C1. The summed E-state index contributed by atoms with van der Waals surface area (Å²) in [4.78, 5) is 14.3. The molecule has 0 aromatic heterocycles. The lowest BCUT2D eigenvalue weighted by molar-refractivity contribution is -0.148. The highest BCUT2D eigenvalue weighted by molar-refractivity contribution is 5.79. The van der Waals surface area contributed by atoms with Gasteiger partial charge in [0.1, 0.15) is 5.54 Å². The molecule has 1 saturated heterocycles. The van der Waals surface area contributed by atoms with Crippen LogP contribution in [0.3, 0.4) is 0 Å². The lowest BCUT2D eigenvalue weighted by atomic mass is 9.77. The smallest absolute Gasteiger partial charge is 0.323 e. The number of morpholine rings is 1. The van der Waals surface area contributed by atoms with Crippen molar-refractivity contribution in [2.75, 3.05) is 19.7 Å². The summed E-state index contributed by atoms with van der Waals surface area (Å²) in [5.41, 5.74) is -0.736. The van der Waals surface area contributed by atoms with Crippen LogP contribution in [0, 0.1) is 0 Å². The van der Waals surface area contributed by atoms with Gasteiger partial charge in [-0.2, -0.15) is 0 Å². The quantitative estimate of drug-likeness (QED) is 0.811. The van der Waals surface area contributed by atoms with Crippen LogP contribution in [0.5, 0.6) is 0 Å². The fraction of sp³-hybridized carbons (Fsp3) is 0.938. The Morgan fingerprint density at radius 2 is 2.24 bits per heavy atom. The summed E-state index contributed by atoms with van der Waals surface area (Å²) in [6, 6.07) is 0.725. The maximum atomic E-state index is 11.9. The average Bonchev–Trinajstić information content (AvgIpc) is 2.47. The number of hydrogen-bond donors (Lipinski definition) is 2. The number of rotatable bonds is 5. The highest BCUT2D eigenvalue weighted by Gasteiger charge is 2.45. The zero-order valence-corrected chi connectivity index (χ0v) is 13.6. The molecule has 0 spiro atoms. The van der Waals surface area contributed by atoms with Gasteiger partial charge >= 0.3 is 5.97 Å². The molecule has 1 heterocycles. The molecule has 5 heteroatoms. The van der Waals surface area contributed by atoms with E-state index in [2.05, 4.69) is 31.0 Å². The Morgan fingerprint density at radius 3 is 2.90 bits per heavy atom. The van der Waals surface area contributed by atoms with E-state index in [9.17, 15) is 9.90 Å². The molecule has 4 unspecified atom stereocenters. The molecular formula is C16H30N2O3. The average molecular weight is 298 g/mol. The van der Waals surface area contributed by atoms with Gasteiger partial charge in [0.2, 0.25) is 0 Å². The third-order valence-electron chi connectivity index (χ3n) is 4.97. The molecule has 2 N–H and O–H groups in total. The molecule has 0 aromatic rings. The van der Waals surface area contributed by atoms with Crippen molar-refractivity contribution in [2.24, 2.45) is 0 Å². The molecule has 1 aliphatic heterocycles. The molecule has 1 saturated carbocycles. The highest BCUT2D eigenvalue weighted by Crippen LogP contribution is 2.33. The minimum atomic E-state index is -0.736. The number of carboxylic acids is 1. The number of aliphatic carboxylic acids is 1. The third kappa shape index (κ3) is 3.76. The van der Waals surface area contributed by atoms with E-state index in [1.54, 1.807) is 0 Å². The van der Waals surface area contributed by atoms with Crippen molar-refractivity contribution in [3.8, 4) is 0 Å². The maximum Gasteiger partial charge on any atom is 0.323 e. The second kappa shape index (κ2) is 7.07. The largest absolute Gasteiger partial charge is 0.480 e. The van der Waals surface area contributed by atoms with Crippen LogP contribution in [0.25, 0.3) is 0 Å². The number of hydrogen-bond acceptors (Lipinski definition) is 4. The second-order valence-corrected chi connectivity index (χ2v) is 6.75. The Bertz CT molecular complexity index is 363. The van der Waals surface area contributed by atoms with Crippen molar-refractivity contribution < 1.29 is 14.6 Å². The van der Waals surface area contributed by atoms with Crippen LogP contribution in [0.1, 0.15) is 52.9 Å². The van der Waals surface area contributed by atoms with Crippen LogP contribution in [0.2, 0.25) is 0 Å². The highest BCUT2D eigenvalue weighted by atomic mass is 16.5. The standard InChI is InChI=1S/C16H30N2O3/c1-4-8-17-16(15(19)20)7-5-6-14(9-16)18-10-13(3)21-11-12(18)2/h12-14,17H,4-11H2,1-3H3,(H,19,20). The third-order valence-corrected chi connectivity index (χ3v) is 4.97. The van der Waals surface area contributed by atoms with Gasteiger partial charge in [-0.3, -0.25) is 9.69 Å². The van der Waals surface area contributed by atoms with Gasteiger partial charge in [0.25, 0.3) is 0 Å². The van der Waals surface area contributed by atoms with Crippen molar-refractivity contribution in [2.45, 2.75) is 76.6 Å². The minimum absolute atomic E-state index is 0.242. The summed E-state index contributed by atoms with van der Waals surface area (Å²) in [6.07, 6.45) is 4.73. The van der Waals surface area contributed by atoms with E-state index in [1.807, 2.05) is 0 Å². The molecule has 122 valence electrons. The van der Waals surface area contributed by atoms with Gasteiger partial charge in [-0.1, -0.05) is 6.92 Å². The molecule has 21 heavy (non-hydrogen) atoms. The number of nitrogens with zero attached hydrogens (tertiary/aromatic N) is 1. The minimum Gasteiger partial charge on any atom is -0.480 e. The van der Waals surface area contributed by atoms with Crippen molar-refractivity contribution in [3.05, 3.63) is 0 Å². The molecule has 5 nitrogen and oxygen atoms in total. The maximum absolute atomic E-state index is 11.9. The molecule has 1 aliphatic carbocycles. The first-order chi connectivity index (χ1) is 9.98. The zero-order valence-electron chi connectivity index (χ0n) is 13.6. The summed E-state index contributed by atoms with van der Waals surface area (Å²) in [5, 5.41) is 13.1. The first kappa shape index (κ1) is 16.7. The van der Waals surface area contributed by atoms with Crippen LogP contribution >= 0.6 is 0 Å². The van der Waals surface area contributed by atoms with Crippen LogP contribution in [0.15, 0.2) is 0 Å². The molecule has 2 rings (SSSR count). The molecule has 0 amide bonds. The summed E-state index contributed by atoms with van der Waals surface area (Å²) < 4.78 is 5.70. The topological polar surface area (TPSA) is 61.8 Å². The van der Waals surface area contributed by atoms with E-state index in [0.29, 0.717) is 18.5 Å². The Morgan fingerprint density at radius 1 is 1.48 bits per heavy atom. The van der Waals surface area contributed by atoms with E-state index < -0.39 is 11.5 Å². The predicted octanol–water partition coefficient (Wildman–Crippen LogP) is 1.86. The lowest BCUT2D eigenvalue weighted by Crippen LogP contribution is -2.61. The number of nitrogens with one attached hydrogen (secondary N) is 1. The molecule has 0 radical (unpaired) electrons. The van der Waals surface area contributed by atoms with Crippen molar-refractivity contribution in [1.82, 2.24) is 10.2 Å². The van der Waals surface area contributed by atoms with E-state index in [-0.39, 0.29) is 6.10 Å². The summed E-state index contributed by atoms with van der Waals surface area (Å²) in [7, 11) is 0. The molecule has 4 atom stereocenters. The molecule has 2 fully saturated rings. The summed E-state index contributed by atoms with van der Waals surface area (Å²) in [6.45, 7) is 8.79. The van der Waals surface area contributed by atoms with E-state index in [4.69, 9.17) is 4.74 Å². The first-order valence-electron chi connectivity index (χ1n) is 8.34. The Hall–Kier alpha value is -0.650. The van der Waals surface area contributed by atoms with Gasteiger partial charge < -0.3 is 15.2 Å². The Balaban J connectivity index is 2.08. The monoisotopic (exact) mass is 298 g/mol. The van der Waals surface area contributed by atoms with Crippen LogP contribution in [-0.2, 0) is 9.53 Å². The fourth-order valence-electron chi connectivity index (χ4n) is 3.76. The van der Waals surface area contributed by atoms with E-state index in [1.165, 1.54) is 0 Å². The number of ether oxygens (including phenoxy) is 1. The second-order valence-electron chi connectivity index (χ2n) is 6.75.